The van der Waals surface area contributed by atoms with E-state index in [1.54, 1.807) is 0 Å². The van der Waals surface area contributed by atoms with Crippen molar-refractivity contribution >= 4 is 5.78 Å². The first-order valence-corrected chi connectivity index (χ1v) is 5.57. The predicted molar refractivity (Wildman–Crippen MR) is 60.8 cm³/mol. The van der Waals surface area contributed by atoms with Gasteiger partial charge in [-0.1, -0.05) is 0 Å². The molecule has 0 aliphatic heterocycles. The molecule has 0 bridgehead atoms. The molecule has 0 amide bonds. The number of hydrogen-bond donors (Lipinski definition) is 0. The summed E-state index contributed by atoms with van der Waals surface area (Å²) in [6.07, 6.45) is 0. The molecule has 0 atom stereocenters. The van der Waals surface area contributed by atoms with Gasteiger partial charge in [0.1, 0.15) is 11.4 Å². The number of benzene rings is 2. The van der Waals surface area contributed by atoms with Gasteiger partial charge in [-0.05, 0) is 30.7 Å². The van der Waals surface area contributed by atoms with Crippen molar-refractivity contribution in [3.63, 3.8) is 0 Å². The van der Waals surface area contributed by atoms with Gasteiger partial charge in [-0.3, -0.25) is 4.79 Å². The minimum Gasteiger partial charge on any atom is -0.288 e. The molecule has 21 heavy (non-hydrogen) atoms. The van der Waals surface area contributed by atoms with E-state index in [-0.39, 0.29) is 5.56 Å². The van der Waals surface area contributed by atoms with Crippen molar-refractivity contribution < 1.29 is 31.1 Å². The second kappa shape index (κ2) is 5.23. The van der Waals surface area contributed by atoms with E-state index in [2.05, 4.69) is 0 Å². The van der Waals surface area contributed by atoms with Crippen molar-refractivity contribution in [1.29, 1.82) is 0 Å². The van der Waals surface area contributed by atoms with Crippen molar-refractivity contribution in [3.8, 4) is 0 Å². The topological polar surface area (TPSA) is 17.1 Å². The highest BCUT2D eigenvalue weighted by Crippen LogP contribution is 2.25. The van der Waals surface area contributed by atoms with Crippen LogP contribution >= 0.6 is 0 Å². The molecule has 0 fully saturated rings. The molecule has 0 N–H and O–H groups in total. The monoisotopic (exact) mass is 304 g/mol. The van der Waals surface area contributed by atoms with Gasteiger partial charge in [0, 0.05) is 5.56 Å². The third-order valence-corrected chi connectivity index (χ3v) is 2.74. The van der Waals surface area contributed by atoms with E-state index < -0.39 is 51.8 Å². The summed E-state index contributed by atoms with van der Waals surface area (Å²) in [5.74, 6) is -13.7. The lowest BCUT2D eigenvalue weighted by molar-refractivity contribution is 0.102. The summed E-state index contributed by atoms with van der Waals surface area (Å²) in [6.45, 7) is 1.40. The Morgan fingerprint density at radius 3 is 1.71 bits per heavy atom. The van der Waals surface area contributed by atoms with Gasteiger partial charge in [-0.2, -0.15) is 0 Å². The molecule has 0 saturated heterocycles. The minimum absolute atomic E-state index is 0.252. The van der Waals surface area contributed by atoms with E-state index in [9.17, 15) is 31.1 Å². The van der Waals surface area contributed by atoms with Gasteiger partial charge in [-0.15, -0.1) is 0 Å². The molecule has 7 heteroatoms. The van der Waals surface area contributed by atoms with E-state index in [1.165, 1.54) is 6.92 Å². The number of carbonyl (C=O) groups excluding carboxylic acids is 1. The maximum Gasteiger partial charge on any atom is 0.200 e. The third kappa shape index (κ3) is 2.51. The molecule has 0 heterocycles. The highest BCUT2D eigenvalue weighted by molar-refractivity contribution is 6.09. The van der Waals surface area contributed by atoms with Crippen molar-refractivity contribution in [2.75, 3.05) is 0 Å². The van der Waals surface area contributed by atoms with Crippen molar-refractivity contribution in [1.82, 2.24) is 0 Å². The van der Waals surface area contributed by atoms with Crippen molar-refractivity contribution in [2.24, 2.45) is 0 Å². The van der Waals surface area contributed by atoms with Crippen LogP contribution < -0.4 is 0 Å². The molecule has 0 aliphatic rings. The molecule has 2 rings (SSSR count). The number of aryl methyl sites for hydroxylation is 1. The molecule has 1 nitrogen and oxygen atoms in total. The van der Waals surface area contributed by atoms with Crippen LogP contribution in [-0.4, -0.2) is 5.78 Å². The first kappa shape index (κ1) is 15.1. The summed E-state index contributed by atoms with van der Waals surface area (Å²) in [4.78, 5) is 11.9. The Balaban J connectivity index is 2.69. The van der Waals surface area contributed by atoms with Gasteiger partial charge in [0.05, 0.1) is 0 Å². The fourth-order valence-corrected chi connectivity index (χ4v) is 1.82. The van der Waals surface area contributed by atoms with Gasteiger partial charge in [0.15, 0.2) is 29.1 Å². The maximum atomic E-state index is 13.5. The third-order valence-electron chi connectivity index (χ3n) is 2.74. The van der Waals surface area contributed by atoms with E-state index >= 15 is 0 Å². The highest BCUT2D eigenvalue weighted by atomic mass is 19.2. The SMILES string of the molecule is Cc1cc(F)cc(C(=O)c2c(F)c(F)c(F)c(F)c2F)c1. The van der Waals surface area contributed by atoms with Crippen LogP contribution in [0.15, 0.2) is 18.2 Å². The van der Waals surface area contributed by atoms with Crippen LogP contribution in [0.2, 0.25) is 0 Å². The molecule has 0 spiro atoms. The lowest BCUT2D eigenvalue weighted by atomic mass is 10.00. The first-order valence-electron chi connectivity index (χ1n) is 5.57. The van der Waals surface area contributed by atoms with Gasteiger partial charge in [0.2, 0.25) is 5.82 Å². The predicted octanol–water partition coefficient (Wildman–Crippen LogP) is 4.06. The van der Waals surface area contributed by atoms with E-state index in [4.69, 9.17) is 0 Å². The van der Waals surface area contributed by atoms with Crippen LogP contribution in [0.25, 0.3) is 0 Å². The standard InChI is InChI=1S/C14H6F6O/c1-5-2-6(4-7(15)3-5)14(21)8-9(16)11(18)13(20)12(19)10(8)17/h2-4H,1H3. The summed E-state index contributed by atoms with van der Waals surface area (Å²) < 4.78 is 79.2. The van der Waals surface area contributed by atoms with Crippen LogP contribution in [0.3, 0.4) is 0 Å². The largest absolute Gasteiger partial charge is 0.288 e. The molecule has 110 valence electrons. The Labute approximate surface area is 114 Å². The summed E-state index contributed by atoms with van der Waals surface area (Å²) in [5.41, 5.74) is -1.88. The Morgan fingerprint density at radius 1 is 0.762 bits per heavy atom. The summed E-state index contributed by atoms with van der Waals surface area (Å²) in [6, 6.07) is 2.76. The Hall–Kier alpha value is -2.31. The zero-order chi connectivity index (χ0) is 15.9. The molecule has 0 aromatic heterocycles. The second-order valence-electron chi connectivity index (χ2n) is 4.29. The molecule has 0 radical (unpaired) electrons. The van der Waals surface area contributed by atoms with Crippen molar-refractivity contribution in [3.05, 3.63) is 69.8 Å². The summed E-state index contributed by atoms with van der Waals surface area (Å²) >= 11 is 0. The number of rotatable bonds is 2. The minimum atomic E-state index is -2.36. The van der Waals surface area contributed by atoms with E-state index in [1.807, 2.05) is 0 Å². The quantitative estimate of drug-likeness (QED) is 0.354. The molecular weight excluding hydrogens is 298 g/mol. The summed E-state index contributed by atoms with van der Waals surface area (Å²) in [7, 11) is 0. The maximum absolute atomic E-state index is 13.5. The number of halogens is 6. The van der Waals surface area contributed by atoms with Gasteiger partial charge in [-0.25, -0.2) is 26.3 Å². The van der Waals surface area contributed by atoms with Crippen LogP contribution in [0, 0.1) is 41.8 Å². The zero-order valence-corrected chi connectivity index (χ0v) is 10.4. The van der Waals surface area contributed by atoms with Crippen LogP contribution in [-0.2, 0) is 0 Å². The normalized spacial score (nSPS) is 10.8. The number of hydrogen-bond acceptors (Lipinski definition) is 1. The van der Waals surface area contributed by atoms with Crippen LogP contribution in [0.4, 0.5) is 26.3 Å². The Kier molecular flexibility index (Phi) is 3.76. The van der Waals surface area contributed by atoms with Gasteiger partial charge < -0.3 is 0 Å². The zero-order valence-electron chi connectivity index (χ0n) is 10.4. The smallest absolute Gasteiger partial charge is 0.200 e. The van der Waals surface area contributed by atoms with E-state index in [0.717, 1.165) is 12.1 Å². The Morgan fingerprint density at radius 2 is 1.24 bits per heavy atom. The second-order valence-corrected chi connectivity index (χ2v) is 4.29. The van der Waals surface area contributed by atoms with Gasteiger partial charge >= 0.3 is 0 Å². The lowest BCUT2D eigenvalue weighted by Gasteiger charge is -2.08. The van der Waals surface area contributed by atoms with Gasteiger partial charge in [0.25, 0.3) is 0 Å². The average molecular weight is 304 g/mol. The average Bonchev–Trinajstić information content (AvgIpc) is 2.42. The molecule has 0 saturated carbocycles. The molecule has 2 aromatic carbocycles. The first-order chi connectivity index (χ1) is 9.73. The molecule has 2 aromatic rings. The fraction of sp³-hybridized carbons (Fsp3) is 0.0714. The molecule has 0 aliphatic carbocycles. The summed E-state index contributed by atoms with van der Waals surface area (Å²) in [5, 5.41) is 0. The Bertz CT molecular complexity index is 704. The number of carbonyl (C=O) groups is 1. The molecule has 0 unspecified atom stereocenters. The number of ketones is 1. The van der Waals surface area contributed by atoms with Crippen molar-refractivity contribution in [2.45, 2.75) is 6.92 Å². The van der Waals surface area contributed by atoms with E-state index in [0.29, 0.717) is 6.07 Å². The molecular formula is C14H6F6O. The van der Waals surface area contributed by atoms with Crippen LogP contribution in [0.5, 0.6) is 0 Å². The van der Waals surface area contributed by atoms with Crippen LogP contribution in [0.1, 0.15) is 21.5 Å². The fourth-order valence-electron chi connectivity index (χ4n) is 1.82. The highest BCUT2D eigenvalue weighted by Gasteiger charge is 2.30. The lowest BCUT2D eigenvalue weighted by Crippen LogP contribution is -2.14.